The van der Waals surface area contributed by atoms with E-state index >= 15 is 0 Å². The normalized spacial score (nSPS) is 10.6. The van der Waals surface area contributed by atoms with E-state index < -0.39 is 0 Å². The second kappa shape index (κ2) is 13.2. The summed E-state index contributed by atoms with van der Waals surface area (Å²) < 4.78 is 0. The second-order valence-electron chi connectivity index (χ2n) is 9.85. The van der Waals surface area contributed by atoms with E-state index in [2.05, 4.69) is 0 Å². The molecule has 198 valence electrons. The molecule has 0 saturated heterocycles. The highest BCUT2D eigenvalue weighted by molar-refractivity contribution is 5.99. The predicted molar refractivity (Wildman–Crippen MR) is 159 cm³/mol. The Labute approximate surface area is 236 Å². The first kappa shape index (κ1) is 26.6. The Morgan fingerprint density at radius 1 is 0.375 bits per heavy atom. The second-order valence-corrected chi connectivity index (χ2v) is 9.85. The molecule has 4 nitrogen and oxygen atoms in total. The third-order valence-corrected chi connectivity index (χ3v) is 6.80. The van der Waals surface area contributed by atoms with Crippen LogP contribution in [0.4, 0.5) is 0 Å². The maximum atomic E-state index is 13.9. The highest BCUT2D eigenvalue weighted by atomic mass is 16.2. The highest BCUT2D eigenvalue weighted by Crippen LogP contribution is 2.19. The Hall–Kier alpha value is -4.96. The minimum atomic E-state index is -0.111. The van der Waals surface area contributed by atoms with E-state index in [1.54, 1.807) is 24.3 Å². The van der Waals surface area contributed by atoms with E-state index in [1.165, 1.54) is 0 Å². The summed E-state index contributed by atoms with van der Waals surface area (Å²) in [5.74, 6) is -0.222. The Morgan fingerprint density at radius 3 is 0.925 bits per heavy atom. The molecule has 0 fully saturated rings. The van der Waals surface area contributed by atoms with Gasteiger partial charge in [0.2, 0.25) is 0 Å². The third kappa shape index (κ3) is 7.12. The van der Waals surface area contributed by atoms with Crippen molar-refractivity contribution in [2.24, 2.45) is 0 Å². The topological polar surface area (TPSA) is 40.6 Å². The van der Waals surface area contributed by atoms with Gasteiger partial charge in [-0.05, 0) is 40.5 Å². The molecule has 0 atom stereocenters. The first-order valence-electron chi connectivity index (χ1n) is 13.5. The summed E-state index contributed by atoms with van der Waals surface area (Å²) in [6.07, 6.45) is 0. The molecule has 4 heteroatoms. The Morgan fingerprint density at radius 2 is 0.650 bits per heavy atom. The molecule has 0 N–H and O–H groups in total. The lowest BCUT2D eigenvalue weighted by molar-refractivity contribution is 0.0727. The summed E-state index contributed by atoms with van der Waals surface area (Å²) in [7, 11) is 0. The molecule has 0 aliphatic carbocycles. The van der Waals surface area contributed by atoms with Crippen molar-refractivity contribution in [3.05, 3.63) is 179 Å². The summed E-state index contributed by atoms with van der Waals surface area (Å²) in [6.45, 7) is 1.89. The van der Waals surface area contributed by atoms with Crippen LogP contribution in [0.25, 0.3) is 0 Å². The number of hydrogen-bond donors (Lipinski definition) is 0. The van der Waals surface area contributed by atoms with Gasteiger partial charge in [-0.3, -0.25) is 9.59 Å². The largest absolute Gasteiger partial charge is 0.330 e. The van der Waals surface area contributed by atoms with Gasteiger partial charge in [0, 0.05) is 37.3 Å². The van der Waals surface area contributed by atoms with Gasteiger partial charge in [0.25, 0.3) is 11.8 Å². The molecule has 40 heavy (non-hydrogen) atoms. The van der Waals surface area contributed by atoms with Crippen LogP contribution >= 0.6 is 0 Å². The van der Waals surface area contributed by atoms with Crippen molar-refractivity contribution in [2.45, 2.75) is 26.2 Å². The van der Waals surface area contributed by atoms with Crippen LogP contribution in [-0.4, -0.2) is 21.6 Å². The van der Waals surface area contributed by atoms with E-state index in [0.717, 1.165) is 22.3 Å². The van der Waals surface area contributed by atoms with Gasteiger partial charge in [-0.2, -0.15) is 0 Å². The van der Waals surface area contributed by atoms with Crippen LogP contribution in [0.3, 0.4) is 0 Å². The SMILES string of the molecule is O=C(c1cccc(C(=O)N(Cc2ccccc2)Cc2ccccc2)c1)N(Cc1ccccc1)Cc1ccccc1. The van der Waals surface area contributed by atoms with Crippen LogP contribution in [0, 0.1) is 0 Å². The van der Waals surface area contributed by atoms with Gasteiger partial charge in [-0.25, -0.2) is 0 Å². The zero-order chi connectivity index (χ0) is 27.6. The van der Waals surface area contributed by atoms with Gasteiger partial charge in [0.15, 0.2) is 0 Å². The fourth-order valence-electron chi connectivity index (χ4n) is 4.76. The fraction of sp³-hybridized carbons (Fsp3) is 0.111. The third-order valence-electron chi connectivity index (χ3n) is 6.80. The van der Waals surface area contributed by atoms with Crippen molar-refractivity contribution in [3.8, 4) is 0 Å². The van der Waals surface area contributed by atoms with Crippen LogP contribution in [0.1, 0.15) is 43.0 Å². The molecule has 2 amide bonds. The Kier molecular flexibility index (Phi) is 8.80. The number of nitrogens with zero attached hydrogens (tertiary/aromatic N) is 2. The summed E-state index contributed by atoms with van der Waals surface area (Å²) >= 11 is 0. The zero-order valence-corrected chi connectivity index (χ0v) is 22.4. The number of carbonyl (C=O) groups excluding carboxylic acids is 2. The van der Waals surface area contributed by atoms with E-state index in [4.69, 9.17) is 0 Å². The Bertz CT molecular complexity index is 1320. The van der Waals surface area contributed by atoms with Crippen molar-refractivity contribution in [2.75, 3.05) is 0 Å². The molecule has 0 saturated carbocycles. The molecule has 0 bridgehead atoms. The van der Waals surface area contributed by atoms with Crippen molar-refractivity contribution in [1.82, 2.24) is 9.80 Å². The maximum absolute atomic E-state index is 13.9. The fourth-order valence-corrected chi connectivity index (χ4v) is 4.76. The monoisotopic (exact) mass is 524 g/mol. The van der Waals surface area contributed by atoms with E-state index in [-0.39, 0.29) is 11.8 Å². The number of hydrogen-bond acceptors (Lipinski definition) is 2. The molecule has 5 aromatic rings. The predicted octanol–water partition coefficient (Wildman–Crippen LogP) is 7.37. The quantitative estimate of drug-likeness (QED) is 0.191. The van der Waals surface area contributed by atoms with Crippen LogP contribution in [0.5, 0.6) is 0 Å². The lowest BCUT2D eigenvalue weighted by Gasteiger charge is -2.25. The highest BCUT2D eigenvalue weighted by Gasteiger charge is 2.21. The zero-order valence-electron chi connectivity index (χ0n) is 22.4. The number of carbonyl (C=O) groups is 2. The van der Waals surface area contributed by atoms with Crippen LogP contribution in [0.15, 0.2) is 146 Å². The van der Waals surface area contributed by atoms with Crippen LogP contribution < -0.4 is 0 Å². The molecule has 0 aliphatic heterocycles. The number of benzene rings is 5. The molecule has 5 aromatic carbocycles. The number of rotatable bonds is 10. The molecule has 0 spiro atoms. The lowest BCUT2D eigenvalue weighted by Crippen LogP contribution is -2.32. The summed E-state index contributed by atoms with van der Waals surface area (Å²) in [6, 6.07) is 47.0. The van der Waals surface area contributed by atoms with E-state index in [0.29, 0.717) is 37.3 Å². The van der Waals surface area contributed by atoms with Gasteiger partial charge in [0.05, 0.1) is 0 Å². The minimum absolute atomic E-state index is 0.111. The minimum Gasteiger partial charge on any atom is -0.330 e. The van der Waals surface area contributed by atoms with Crippen molar-refractivity contribution < 1.29 is 9.59 Å². The van der Waals surface area contributed by atoms with Crippen molar-refractivity contribution in [1.29, 1.82) is 0 Å². The molecule has 0 unspecified atom stereocenters. The molecular formula is C36H32N2O2. The van der Waals surface area contributed by atoms with E-state index in [9.17, 15) is 9.59 Å². The summed E-state index contributed by atoms with van der Waals surface area (Å²) in [5.41, 5.74) is 5.20. The average molecular weight is 525 g/mol. The van der Waals surface area contributed by atoms with Crippen LogP contribution in [0.2, 0.25) is 0 Å². The molecule has 5 rings (SSSR count). The standard InChI is InChI=1S/C36H32N2O2/c39-35(37(25-29-14-5-1-6-15-29)26-30-16-7-2-8-17-30)33-22-13-23-34(24-33)36(40)38(27-31-18-9-3-10-19-31)28-32-20-11-4-12-21-32/h1-24H,25-28H2. The van der Waals surface area contributed by atoms with Crippen LogP contribution in [-0.2, 0) is 26.2 Å². The van der Waals surface area contributed by atoms with Gasteiger partial charge >= 0.3 is 0 Å². The van der Waals surface area contributed by atoms with Gasteiger partial charge in [0.1, 0.15) is 0 Å². The Balaban J connectivity index is 1.41. The molecular weight excluding hydrogens is 492 g/mol. The van der Waals surface area contributed by atoms with E-state index in [1.807, 2.05) is 131 Å². The summed E-state index contributed by atoms with van der Waals surface area (Å²) in [5, 5.41) is 0. The smallest absolute Gasteiger partial charge is 0.254 e. The molecule has 0 heterocycles. The number of amides is 2. The molecule has 0 aliphatic rings. The average Bonchev–Trinajstić information content (AvgIpc) is 3.02. The molecule has 0 aromatic heterocycles. The lowest BCUT2D eigenvalue weighted by atomic mass is 10.1. The molecule has 0 radical (unpaired) electrons. The first-order valence-corrected chi connectivity index (χ1v) is 13.5. The van der Waals surface area contributed by atoms with Crippen molar-refractivity contribution in [3.63, 3.8) is 0 Å². The van der Waals surface area contributed by atoms with Gasteiger partial charge < -0.3 is 9.80 Å². The first-order chi connectivity index (χ1) is 19.7. The summed E-state index contributed by atoms with van der Waals surface area (Å²) in [4.78, 5) is 31.4. The maximum Gasteiger partial charge on any atom is 0.254 e. The van der Waals surface area contributed by atoms with Gasteiger partial charge in [-0.15, -0.1) is 0 Å². The van der Waals surface area contributed by atoms with Crippen molar-refractivity contribution >= 4 is 11.8 Å². The van der Waals surface area contributed by atoms with Gasteiger partial charge in [-0.1, -0.05) is 127 Å².